The number of aromatic nitrogens is 4. The van der Waals surface area contributed by atoms with Gasteiger partial charge in [0, 0.05) is 38.3 Å². The van der Waals surface area contributed by atoms with Crippen molar-refractivity contribution in [2.24, 2.45) is 0 Å². The highest BCUT2D eigenvalue weighted by Gasteiger charge is 2.27. The molecule has 28 heavy (non-hydrogen) atoms. The summed E-state index contributed by atoms with van der Waals surface area (Å²) in [7, 11) is 1.71. The minimum atomic E-state index is -0.193. The third-order valence-corrected chi connectivity index (χ3v) is 4.80. The smallest absolute Gasteiger partial charge is 0.223 e. The van der Waals surface area contributed by atoms with Crippen molar-refractivity contribution in [2.75, 3.05) is 26.8 Å². The zero-order valence-electron chi connectivity index (χ0n) is 16.3. The normalized spacial score (nSPS) is 17.6. The Bertz CT molecular complexity index is 959. The fraction of sp³-hybridized carbons (Fsp3) is 0.400. The monoisotopic (exact) mass is 381 g/mol. The summed E-state index contributed by atoms with van der Waals surface area (Å²) in [5.41, 5.74) is 3.85. The maximum Gasteiger partial charge on any atom is 0.223 e. The molecule has 0 radical (unpaired) electrons. The molecule has 8 heteroatoms. The van der Waals surface area contributed by atoms with E-state index in [0.717, 1.165) is 35.7 Å². The Morgan fingerprint density at radius 2 is 2.18 bits per heavy atom. The molecule has 1 aliphatic rings. The number of methoxy groups -OCH3 is 1. The van der Waals surface area contributed by atoms with Gasteiger partial charge in [-0.25, -0.2) is 9.97 Å². The Morgan fingerprint density at radius 1 is 1.29 bits per heavy atom. The van der Waals surface area contributed by atoms with Crippen LogP contribution in [0.4, 0.5) is 0 Å². The summed E-state index contributed by atoms with van der Waals surface area (Å²) in [5, 5.41) is 4.01. The summed E-state index contributed by atoms with van der Waals surface area (Å²) in [6.45, 7) is 6.77. The Balaban J connectivity index is 1.55. The van der Waals surface area contributed by atoms with Gasteiger partial charge in [-0.15, -0.1) is 0 Å². The van der Waals surface area contributed by atoms with Crippen LogP contribution in [0.2, 0.25) is 0 Å². The minimum absolute atomic E-state index is 0.193. The topological polar surface area (TPSA) is 86.4 Å². The van der Waals surface area contributed by atoms with Gasteiger partial charge in [0.2, 0.25) is 11.7 Å². The van der Waals surface area contributed by atoms with Gasteiger partial charge in [0.25, 0.3) is 0 Å². The van der Waals surface area contributed by atoms with E-state index in [2.05, 4.69) is 50.1 Å². The van der Waals surface area contributed by atoms with Gasteiger partial charge in [-0.05, 0) is 18.6 Å². The van der Waals surface area contributed by atoms with Crippen LogP contribution in [0.3, 0.4) is 0 Å². The first-order valence-corrected chi connectivity index (χ1v) is 9.22. The number of hydrogen-bond donors (Lipinski definition) is 0. The van der Waals surface area contributed by atoms with E-state index >= 15 is 0 Å². The quantitative estimate of drug-likeness (QED) is 0.667. The molecule has 1 fully saturated rings. The second kappa shape index (κ2) is 8.04. The van der Waals surface area contributed by atoms with E-state index in [9.17, 15) is 0 Å². The molecule has 1 saturated heterocycles. The number of nitrogens with zero attached hydrogens (tertiary/aromatic N) is 5. The van der Waals surface area contributed by atoms with Gasteiger partial charge in [0.05, 0.1) is 25.0 Å². The molecular weight excluding hydrogens is 358 g/mol. The maximum absolute atomic E-state index is 6.03. The van der Waals surface area contributed by atoms with Gasteiger partial charge in [-0.1, -0.05) is 17.3 Å². The zero-order valence-corrected chi connectivity index (χ0v) is 16.3. The van der Waals surface area contributed by atoms with Crippen molar-refractivity contribution >= 4 is 0 Å². The van der Waals surface area contributed by atoms with Crippen molar-refractivity contribution in [3.63, 3.8) is 0 Å². The molecule has 3 heterocycles. The zero-order chi connectivity index (χ0) is 19.5. The van der Waals surface area contributed by atoms with E-state index in [0.29, 0.717) is 24.9 Å². The van der Waals surface area contributed by atoms with Crippen molar-refractivity contribution < 1.29 is 14.0 Å². The summed E-state index contributed by atoms with van der Waals surface area (Å²) in [4.78, 5) is 15.2. The maximum atomic E-state index is 6.03. The number of benzene rings is 1. The van der Waals surface area contributed by atoms with Crippen LogP contribution in [0.5, 0.6) is 5.75 Å². The molecule has 4 rings (SSSR count). The largest absolute Gasteiger partial charge is 0.496 e. The molecule has 1 atom stereocenters. The van der Waals surface area contributed by atoms with Crippen LogP contribution in [0.1, 0.15) is 28.8 Å². The fourth-order valence-corrected chi connectivity index (χ4v) is 3.41. The van der Waals surface area contributed by atoms with Crippen LogP contribution in [-0.4, -0.2) is 51.8 Å². The second-order valence-corrected chi connectivity index (χ2v) is 6.87. The lowest BCUT2D eigenvalue weighted by molar-refractivity contribution is -0.0349. The van der Waals surface area contributed by atoms with Gasteiger partial charge < -0.3 is 14.0 Å². The molecule has 146 valence electrons. The van der Waals surface area contributed by atoms with E-state index in [1.165, 1.54) is 11.9 Å². The van der Waals surface area contributed by atoms with Crippen molar-refractivity contribution in [1.82, 2.24) is 25.0 Å². The number of ether oxygens (including phenoxy) is 2. The van der Waals surface area contributed by atoms with E-state index in [1.54, 1.807) is 20.2 Å². The first-order chi connectivity index (χ1) is 13.6. The average molecular weight is 381 g/mol. The number of hydrogen-bond acceptors (Lipinski definition) is 8. The second-order valence-electron chi connectivity index (χ2n) is 6.87. The summed E-state index contributed by atoms with van der Waals surface area (Å²) in [5.74, 6) is 1.89. The van der Waals surface area contributed by atoms with Gasteiger partial charge >= 0.3 is 0 Å². The Hall–Kier alpha value is -2.84. The van der Waals surface area contributed by atoms with Crippen LogP contribution in [-0.2, 0) is 11.3 Å². The first-order valence-electron chi connectivity index (χ1n) is 9.22. The van der Waals surface area contributed by atoms with Crippen molar-refractivity contribution in [2.45, 2.75) is 26.5 Å². The third-order valence-electron chi connectivity index (χ3n) is 4.80. The third kappa shape index (κ3) is 3.88. The fourth-order valence-electron chi connectivity index (χ4n) is 3.41. The Morgan fingerprint density at radius 3 is 2.96 bits per heavy atom. The summed E-state index contributed by atoms with van der Waals surface area (Å²) in [6.07, 6.45) is 3.04. The molecule has 0 aliphatic carbocycles. The van der Waals surface area contributed by atoms with E-state index in [1.807, 2.05) is 0 Å². The molecule has 2 aromatic heterocycles. The highest BCUT2D eigenvalue weighted by atomic mass is 16.5. The standard InChI is InChI=1S/C20H23N5O3/c1-13-4-5-15(17(8-13)26-3)10-25-6-7-27-18(11-25)19-16(9-21-12-22-19)20-23-14(2)28-24-20/h4-5,8-9,12,18H,6-7,10-11H2,1-3H3. The summed E-state index contributed by atoms with van der Waals surface area (Å²) < 4.78 is 16.7. The highest BCUT2D eigenvalue weighted by Crippen LogP contribution is 2.30. The number of aryl methyl sites for hydroxylation is 2. The van der Waals surface area contributed by atoms with Gasteiger partial charge in [0.15, 0.2) is 0 Å². The lowest BCUT2D eigenvalue weighted by atomic mass is 10.1. The number of rotatable bonds is 5. The van der Waals surface area contributed by atoms with E-state index in [4.69, 9.17) is 14.0 Å². The average Bonchev–Trinajstić information content (AvgIpc) is 3.16. The predicted molar refractivity (Wildman–Crippen MR) is 102 cm³/mol. The molecule has 0 saturated carbocycles. The van der Waals surface area contributed by atoms with E-state index in [-0.39, 0.29) is 6.10 Å². The van der Waals surface area contributed by atoms with E-state index < -0.39 is 0 Å². The van der Waals surface area contributed by atoms with Crippen LogP contribution in [0.25, 0.3) is 11.4 Å². The Labute approximate surface area is 163 Å². The Kier molecular flexibility index (Phi) is 5.31. The van der Waals surface area contributed by atoms with Gasteiger partial charge in [0.1, 0.15) is 18.2 Å². The molecular formula is C20H23N5O3. The first kappa shape index (κ1) is 18.5. The molecule has 1 unspecified atom stereocenters. The molecule has 0 bridgehead atoms. The molecule has 0 amide bonds. The predicted octanol–water partition coefficient (Wildman–Crippen LogP) is 2.73. The molecule has 0 N–H and O–H groups in total. The molecule has 0 spiro atoms. The van der Waals surface area contributed by atoms with Crippen molar-refractivity contribution in [1.29, 1.82) is 0 Å². The van der Waals surface area contributed by atoms with Crippen LogP contribution < -0.4 is 4.74 Å². The minimum Gasteiger partial charge on any atom is -0.496 e. The highest BCUT2D eigenvalue weighted by molar-refractivity contribution is 5.56. The molecule has 1 aliphatic heterocycles. The van der Waals surface area contributed by atoms with Crippen LogP contribution in [0.15, 0.2) is 35.2 Å². The molecule has 8 nitrogen and oxygen atoms in total. The van der Waals surface area contributed by atoms with Crippen LogP contribution in [0, 0.1) is 13.8 Å². The lowest BCUT2D eigenvalue weighted by Gasteiger charge is -2.33. The summed E-state index contributed by atoms with van der Waals surface area (Å²) >= 11 is 0. The van der Waals surface area contributed by atoms with Crippen molar-refractivity contribution in [3.05, 3.63) is 53.4 Å². The van der Waals surface area contributed by atoms with Crippen LogP contribution >= 0.6 is 0 Å². The summed E-state index contributed by atoms with van der Waals surface area (Å²) in [6, 6.07) is 6.29. The number of morpholine rings is 1. The lowest BCUT2D eigenvalue weighted by Crippen LogP contribution is -2.38. The van der Waals surface area contributed by atoms with Crippen molar-refractivity contribution in [3.8, 4) is 17.1 Å². The van der Waals surface area contributed by atoms with Gasteiger partial charge in [-0.3, -0.25) is 4.90 Å². The van der Waals surface area contributed by atoms with Gasteiger partial charge in [-0.2, -0.15) is 4.98 Å². The molecule has 3 aromatic rings. The SMILES string of the molecule is COc1cc(C)ccc1CN1CCOC(c2ncncc2-c2noc(C)n2)C1. The molecule has 1 aromatic carbocycles.